The first kappa shape index (κ1) is 13.5. The second-order valence-electron chi connectivity index (χ2n) is 4.13. The molecule has 1 aromatic carbocycles. The van der Waals surface area contributed by atoms with Crippen LogP contribution in [0, 0.1) is 0 Å². The summed E-state index contributed by atoms with van der Waals surface area (Å²) in [5.41, 5.74) is 7.12. The van der Waals surface area contributed by atoms with Crippen molar-refractivity contribution < 1.29 is 14.6 Å². The van der Waals surface area contributed by atoms with Crippen LogP contribution in [0.2, 0.25) is 0 Å². The van der Waals surface area contributed by atoms with Crippen LogP contribution in [-0.2, 0) is 11.3 Å². The number of nitrogens with two attached hydrogens (primary N) is 1. The molecule has 5 nitrogen and oxygen atoms in total. The van der Waals surface area contributed by atoms with Crippen molar-refractivity contribution in [3.8, 4) is 5.75 Å². The predicted molar refractivity (Wildman–Crippen MR) is 64.9 cm³/mol. The summed E-state index contributed by atoms with van der Waals surface area (Å²) in [7, 11) is 5.39. The van der Waals surface area contributed by atoms with E-state index in [9.17, 15) is 4.79 Å². The molecule has 94 valence electrons. The molecule has 1 unspecified atom stereocenters. The zero-order valence-electron chi connectivity index (χ0n) is 10.3. The second kappa shape index (κ2) is 5.65. The number of ether oxygens (including phenoxy) is 1. The first-order valence-corrected chi connectivity index (χ1v) is 5.25. The maximum absolute atomic E-state index is 10.9. The Labute approximate surface area is 101 Å². The summed E-state index contributed by atoms with van der Waals surface area (Å²) >= 11 is 0. The lowest BCUT2D eigenvalue weighted by molar-refractivity contribution is -0.138. The van der Waals surface area contributed by atoms with Crippen LogP contribution < -0.4 is 10.5 Å². The van der Waals surface area contributed by atoms with Crippen LogP contribution in [0.1, 0.15) is 17.2 Å². The normalized spacial score (nSPS) is 12.5. The minimum absolute atomic E-state index is 0.499. The number of carbonyl (C=O) groups is 1. The highest BCUT2D eigenvalue weighted by Crippen LogP contribution is 2.25. The zero-order valence-corrected chi connectivity index (χ0v) is 10.3. The fourth-order valence-corrected chi connectivity index (χ4v) is 1.62. The quantitative estimate of drug-likeness (QED) is 0.795. The van der Waals surface area contributed by atoms with Crippen molar-refractivity contribution in [1.29, 1.82) is 0 Å². The predicted octanol–water partition coefficient (Wildman–Crippen LogP) is 0.841. The summed E-state index contributed by atoms with van der Waals surface area (Å²) in [4.78, 5) is 12.9. The van der Waals surface area contributed by atoms with Crippen molar-refractivity contribution in [2.24, 2.45) is 5.73 Å². The summed E-state index contributed by atoms with van der Waals surface area (Å²) in [6.45, 7) is 0.726. The van der Waals surface area contributed by atoms with Crippen LogP contribution in [0.25, 0.3) is 0 Å². The molecule has 1 atom stereocenters. The lowest BCUT2D eigenvalue weighted by Gasteiger charge is -2.15. The molecule has 0 heterocycles. The van der Waals surface area contributed by atoms with Crippen molar-refractivity contribution in [3.63, 3.8) is 0 Å². The molecule has 0 aliphatic heterocycles. The van der Waals surface area contributed by atoms with Crippen LogP contribution in [0.5, 0.6) is 5.75 Å². The Kier molecular flexibility index (Phi) is 4.48. The number of hydrogen-bond donors (Lipinski definition) is 2. The molecule has 0 aromatic heterocycles. The number of benzene rings is 1. The highest BCUT2D eigenvalue weighted by molar-refractivity contribution is 5.76. The molecule has 1 rings (SSSR count). The van der Waals surface area contributed by atoms with Crippen molar-refractivity contribution in [2.45, 2.75) is 12.6 Å². The fourth-order valence-electron chi connectivity index (χ4n) is 1.62. The average Bonchev–Trinajstić information content (AvgIpc) is 2.27. The molecular weight excluding hydrogens is 220 g/mol. The van der Waals surface area contributed by atoms with Gasteiger partial charge in [-0.3, -0.25) is 4.79 Å². The second-order valence-corrected chi connectivity index (χ2v) is 4.13. The molecule has 0 radical (unpaired) electrons. The van der Waals surface area contributed by atoms with E-state index in [2.05, 4.69) is 0 Å². The maximum atomic E-state index is 10.9. The molecule has 0 aliphatic rings. The van der Waals surface area contributed by atoms with Gasteiger partial charge in [0.2, 0.25) is 0 Å². The number of aliphatic carboxylic acids is 1. The molecule has 5 heteroatoms. The summed E-state index contributed by atoms with van der Waals surface area (Å²) in [6.07, 6.45) is 0. The molecule has 0 bridgehead atoms. The Morgan fingerprint density at radius 3 is 2.65 bits per heavy atom. The maximum Gasteiger partial charge on any atom is 0.325 e. The summed E-state index contributed by atoms with van der Waals surface area (Å²) in [5.74, 6) is -0.562. The Morgan fingerprint density at radius 2 is 2.18 bits per heavy atom. The van der Waals surface area contributed by atoms with Gasteiger partial charge in [0.25, 0.3) is 0 Å². The van der Waals surface area contributed by atoms with Gasteiger partial charge in [0.15, 0.2) is 0 Å². The first-order valence-electron chi connectivity index (χ1n) is 5.25. The van der Waals surface area contributed by atoms with Gasteiger partial charge in [0, 0.05) is 12.1 Å². The van der Waals surface area contributed by atoms with E-state index >= 15 is 0 Å². The van der Waals surface area contributed by atoms with Gasteiger partial charge in [-0.05, 0) is 31.8 Å². The summed E-state index contributed by atoms with van der Waals surface area (Å²) in [5, 5.41) is 8.94. The number of nitrogens with zero attached hydrogens (tertiary/aromatic N) is 1. The fraction of sp³-hybridized carbons (Fsp3) is 0.417. The van der Waals surface area contributed by atoms with Gasteiger partial charge in [0.1, 0.15) is 11.8 Å². The standard InChI is InChI=1S/C12H18N2O3/c1-14(2)7-8-4-5-10(17-3)9(6-8)11(13)12(15)16/h4-6,11H,7,13H2,1-3H3,(H,15,16). The third-order valence-electron chi connectivity index (χ3n) is 2.39. The highest BCUT2D eigenvalue weighted by atomic mass is 16.5. The Hall–Kier alpha value is -1.59. The van der Waals surface area contributed by atoms with E-state index in [0.717, 1.165) is 12.1 Å². The van der Waals surface area contributed by atoms with Gasteiger partial charge in [0.05, 0.1) is 7.11 Å². The molecule has 1 aromatic rings. The van der Waals surface area contributed by atoms with Gasteiger partial charge < -0.3 is 20.5 Å². The first-order chi connectivity index (χ1) is 7.95. The van der Waals surface area contributed by atoms with Gasteiger partial charge in [-0.25, -0.2) is 0 Å². The Bertz CT molecular complexity index is 405. The van der Waals surface area contributed by atoms with E-state index in [1.807, 2.05) is 25.1 Å². The Morgan fingerprint density at radius 1 is 1.53 bits per heavy atom. The lowest BCUT2D eigenvalue weighted by atomic mass is 10.0. The topological polar surface area (TPSA) is 75.8 Å². The van der Waals surface area contributed by atoms with Gasteiger partial charge >= 0.3 is 5.97 Å². The Balaban J connectivity index is 3.10. The van der Waals surface area contributed by atoms with Crippen molar-refractivity contribution in [2.75, 3.05) is 21.2 Å². The summed E-state index contributed by atoms with van der Waals surface area (Å²) < 4.78 is 5.12. The minimum atomic E-state index is -1.06. The van der Waals surface area contributed by atoms with E-state index in [0.29, 0.717) is 11.3 Å². The van der Waals surface area contributed by atoms with E-state index in [1.54, 1.807) is 12.1 Å². The molecule has 0 spiro atoms. The molecule has 0 saturated carbocycles. The van der Waals surface area contributed by atoms with E-state index < -0.39 is 12.0 Å². The average molecular weight is 238 g/mol. The number of methoxy groups -OCH3 is 1. The minimum Gasteiger partial charge on any atom is -0.496 e. The van der Waals surface area contributed by atoms with Crippen LogP contribution in [-0.4, -0.2) is 37.2 Å². The molecule has 0 aliphatic carbocycles. The lowest BCUT2D eigenvalue weighted by Crippen LogP contribution is -2.22. The zero-order chi connectivity index (χ0) is 13.0. The molecule has 0 fully saturated rings. The van der Waals surface area contributed by atoms with Crippen LogP contribution in [0.4, 0.5) is 0 Å². The number of rotatable bonds is 5. The van der Waals surface area contributed by atoms with Gasteiger partial charge in [-0.2, -0.15) is 0 Å². The number of hydrogen-bond acceptors (Lipinski definition) is 4. The van der Waals surface area contributed by atoms with Crippen LogP contribution in [0.3, 0.4) is 0 Å². The van der Waals surface area contributed by atoms with Gasteiger partial charge in [-0.15, -0.1) is 0 Å². The molecule has 3 N–H and O–H groups in total. The third-order valence-corrected chi connectivity index (χ3v) is 2.39. The largest absolute Gasteiger partial charge is 0.496 e. The van der Waals surface area contributed by atoms with Crippen molar-refractivity contribution in [1.82, 2.24) is 4.90 Å². The van der Waals surface area contributed by atoms with Crippen molar-refractivity contribution >= 4 is 5.97 Å². The molecule has 0 saturated heterocycles. The number of carboxylic acid groups (broad SMARTS) is 1. The molecule has 0 amide bonds. The van der Waals surface area contributed by atoms with Gasteiger partial charge in [-0.1, -0.05) is 6.07 Å². The monoisotopic (exact) mass is 238 g/mol. The summed E-state index contributed by atoms with van der Waals surface area (Å²) in [6, 6.07) is 4.36. The van der Waals surface area contributed by atoms with E-state index in [1.165, 1.54) is 7.11 Å². The van der Waals surface area contributed by atoms with E-state index in [4.69, 9.17) is 15.6 Å². The smallest absolute Gasteiger partial charge is 0.325 e. The van der Waals surface area contributed by atoms with Crippen molar-refractivity contribution in [3.05, 3.63) is 29.3 Å². The van der Waals surface area contributed by atoms with Crippen LogP contribution in [0.15, 0.2) is 18.2 Å². The van der Waals surface area contributed by atoms with Crippen LogP contribution >= 0.6 is 0 Å². The van der Waals surface area contributed by atoms with E-state index in [-0.39, 0.29) is 0 Å². The molecular formula is C12H18N2O3. The highest BCUT2D eigenvalue weighted by Gasteiger charge is 2.19. The molecule has 17 heavy (non-hydrogen) atoms. The third kappa shape index (κ3) is 3.44. The SMILES string of the molecule is COc1ccc(CN(C)C)cc1C(N)C(=O)O. The number of carboxylic acids is 1.